The molecule has 2 aromatic rings. The van der Waals surface area contributed by atoms with Gasteiger partial charge >= 0.3 is 0 Å². The Morgan fingerprint density at radius 3 is 2.24 bits per heavy atom. The van der Waals surface area contributed by atoms with E-state index in [-0.39, 0.29) is 5.75 Å². The van der Waals surface area contributed by atoms with Crippen molar-refractivity contribution >= 4 is 5.69 Å². The molecule has 0 spiro atoms. The van der Waals surface area contributed by atoms with E-state index >= 15 is 0 Å². The number of aromatic nitrogens is 1. The van der Waals surface area contributed by atoms with Crippen molar-refractivity contribution in [2.24, 2.45) is 0 Å². The number of phenolic OH excluding ortho intramolecular Hbond substituents is 1. The van der Waals surface area contributed by atoms with Crippen LogP contribution in [0.15, 0.2) is 24.3 Å². The molecule has 0 atom stereocenters. The van der Waals surface area contributed by atoms with Crippen molar-refractivity contribution in [3.05, 3.63) is 41.2 Å². The number of ether oxygens (including phenoxy) is 2. The molecule has 2 rings (SSSR count). The summed E-state index contributed by atoms with van der Waals surface area (Å²) in [5.74, 6) is 0.798. The van der Waals surface area contributed by atoms with Gasteiger partial charge in [0.2, 0.25) is 5.75 Å². The number of hydrogen-bond donors (Lipinski definition) is 2. The maximum atomic E-state index is 9.89. The molecule has 5 heteroatoms. The molecule has 0 saturated heterocycles. The highest BCUT2D eigenvalue weighted by Gasteiger charge is 2.11. The first-order valence-electron chi connectivity index (χ1n) is 6.67. The number of nitrogens with one attached hydrogen (secondary N) is 1. The first-order chi connectivity index (χ1) is 10.0. The van der Waals surface area contributed by atoms with Gasteiger partial charge in [0.25, 0.3) is 0 Å². The van der Waals surface area contributed by atoms with Crippen LogP contribution in [0.4, 0.5) is 5.69 Å². The number of aromatic hydroxyl groups is 1. The second-order valence-electron chi connectivity index (χ2n) is 4.79. The van der Waals surface area contributed by atoms with Crippen molar-refractivity contribution in [2.45, 2.75) is 20.4 Å². The lowest BCUT2D eigenvalue weighted by Gasteiger charge is -2.13. The first-order valence-corrected chi connectivity index (χ1v) is 6.67. The Labute approximate surface area is 124 Å². The highest BCUT2D eigenvalue weighted by Crippen LogP contribution is 2.37. The van der Waals surface area contributed by atoms with Gasteiger partial charge in [-0.1, -0.05) is 0 Å². The number of benzene rings is 1. The van der Waals surface area contributed by atoms with Crippen LogP contribution in [0.25, 0.3) is 0 Å². The first kappa shape index (κ1) is 15.0. The highest BCUT2D eigenvalue weighted by atomic mass is 16.5. The summed E-state index contributed by atoms with van der Waals surface area (Å²) in [7, 11) is 3.03. The Hall–Kier alpha value is -2.43. The maximum absolute atomic E-state index is 9.89. The molecule has 0 aliphatic carbocycles. The summed E-state index contributed by atoms with van der Waals surface area (Å²) in [6.45, 7) is 4.51. The second-order valence-corrected chi connectivity index (χ2v) is 4.79. The number of methoxy groups -OCH3 is 2. The quantitative estimate of drug-likeness (QED) is 0.885. The van der Waals surface area contributed by atoms with E-state index in [9.17, 15) is 5.11 Å². The zero-order valence-corrected chi connectivity index (χ0v) is 12.7. The van der Waals surface area contributed by atoms with Crippen molar-refractivity contribution in [1.29, 1.82) is 0 Å². The molecule has 1 heterocycles. The van der Waals surface area contributed by atoms with Crippen LogP contribution in [-0.4, -0.2) is 24.3 Å². The zero-order valence-electron chi connectivity index (χ0n) is 12.7. The summed E-state index contributed by atoms with van der Waals surface area (Å²) in [4.78, 5) is 4.42. The minimum absolute atomic E-state index is 0.0110. The lowest BCUT2D eigenvalue weighted by atomic mass is 10.1. The third-order valence-corrected chi connectivity index (χ3v) is 3.25. The van der Waals surface area contributed by atoms with E-state index in [1.165, 1.54) is 14.2 Å². The van der Waals surface area contributed by atoms with Gasteiger partial charge < -0.3 is 19.9 Å². The Morgan fingerprint density at radius 2 is 1.71 bits per heavy atom. The largest absolute Gasteiger partial charge is 0.502 e. The van der Waals surface area contributed by atoms with Crippen molar-refractivity contribution in [3.8, 4) is 17.2 Å². The topological polar surface area (TPSA) is 63.6 Å². The van der Waals surface area contributed by atoms with Gasteiger partial charge in [-0.25, -0.2) is 0 Å². The summed E-state index contributed by atoms with van der Waals surface area (Å²) in [5.41, 5.74) is 3.87. The predicted octanol–water partition coefficient (Wildman–Crippen LogP) is 3.03. The van der Waals surface area contributed by atoms with Crippen LogP contribution >= 0.6 is 0 Å². The molecular weight excluding hydrogens is 268 g/mol. The fraction of sp³-hybridized carbons (Fsp3) is 0.312. The number of phenols is 1. The van der Waals surface area contributed by atoms with Crippen LogP contribution in [0.1, 0.15) is 17.0 Å². The van der Waals surface area contributed by atoms with E-state index in [0.717, 1.165) is 22.6 Å². The van der Waals surface area contributed by atoms with Gasteiger partial charge in [-0.2, -0.15) is 0 Å². The molecule has 0 radical (unpaired) electrons. The molecular formula is C16H20N2O3. The SMILES string of the molecule is COc1cc(CNc2ccc(C)nc2C)cc(OC)c1O. The van der Waals surface area contributed by atoms with Crippen LogP contribution in [-0.2, 0) is 6.54 Å². The third-order valence-electron chi connectivity index (χ3n) is 3.25. The average molecular weight is 288 g/mol. The molecule has 5 nitrogen and oxygen atoms in total. The van der Waals surface area contributed by atoms with Crippen LogP contribution < -0.4 is 14.8 Å². The van der Waals surface area contributed by atoms with E-state index in [1.54, 1.807) is 12.1 Å². The Bertz CT molecular complexity index is 616. The molecule has 0 unspecified atom stereocenters. The minimum atomic E-state index is 0.0110. The Balaban J connectivity index is 2.19. The minimum Gasteiger partial charge on any atom is -0.502 e. The summed E-state index contributed by atoms with van der Waals surface area (Å²) < 4.78 is 10.3. The molecule has 112 valence electrons. The zero-order chi connectivity index (χ0) is 15.4. The fourth-order valence-corrected chi connectivity index (χ4v) is 2.12. The molecule has 0 aliphatic heterocycles. The van der Waals surface area contributed by atoms with Gasteiger partial charge in [-0.15, -0.1) is 0 Å². The molecule has 0 aliphatic rings. The van der Waals surface area contributed by atoms with Crippen LogP contribution in [0.3, 0.4) is 0 Å². The normalized spacial score (nSPS) is 10.3. The predicted molar refractivity (Wildman–Crippen MR) is 82.2 cm³/mol. The van der Waals surface area contributed by atoms with Gasteiger partial charge in [0, 0.05) is 12.2 Å². The van der Waals surface area contributed by atoms with E-state index in [2.05, 4.69) is 10.3 Å². The van der Waals surface area contributed by atoms with Gasteiger partial charge in [0.05, 0.1) is 25.6 Å². The second kappa shape index (κ2) is 6.35. The van der Waals surface area contributed by atoms with E-state index in [1.807, 2.05) is 26.0 Å². The lowest BCUT2D eigenvalue weighted by Crippen LogP contribution is -2.03. The Kier molecular flexibility index (Phi) is 4.52. The van der Waals surface area contributed by atoms with Gasteiger partial charge in [0.1, 0.15) is 0 Å². The molecule has 0 saturated carbocycles. The van der Waals surface area contributed by atoms with Gasteiger partial charge in [0.15, 0.2) is 11.5 Å². The van der Waals surface area contributed by atoms with E-state index < -0.39 is 0 Å². The summed E-state index contributed by atoms with van der Waals surface area (Å²) in [5, 5.41) is 13.2. The third kappa shape index (κ3) is 3.37. The number of pyridine rings is 1. The summed E-state index contributed by atoms with van der Waals surface area (Å²) in [6, 6.07) is 7.53. The van der Waals surface area contributed by atoms with Crippen LogP contribution in [0, 0.1) is 13.8 Å². The average Bonchev–Trinajstić information content (AvgIpc) is 2.47. The number of rotatable bonds is 5. The summed E-state index contributed by atoms with van der Waals surface area (Å²) in [6.07, 6.45) is 0. The van der Waals surface area contributed by atoms with Crippen molar-refractivity contribution in [1.82, 2.24) is 4.98 Å². The molecule has 1 aromatic heterocycles. The van der Waals surface area contributed by atoms with E-state index in [0.29, 0.717) is 18.0 Å². The monoisotopic (exact) mass is 288 g/mol. The van der Waals surface area contributed by atoms with Crippen molar-refractivity contribution in [3.63, 3.8) is 0 Å². The number of anilines is 1. The fourth-order valence-electron chi connectivity index (χ4n) is 2.12. The Morgan fingerprint density at radius 1 is 1.10 bits per heavy atom. The molecule has 0 bridgehead atoms. The standard InChI is InChI=1S/C16H20N2O3/c1-10-5-6-13(11(2)18-10)17-9-12-7-14(20-3)16(19)15(8-12)21-4/h5-8,17,19H,9H2,1-4H3. The number of nitrogens with zero attached hydrogens (tertiary/aromatic N) is 1. The number of aryl methyl sites for hydroxylation is 2. The molecule has 1 aromatic carbocycles. The van der Waals surface area contributed by atoms with Crippen LogP contribution in [0.5, 0.6) is 17.2 Å². The molecule has 21 heavy (non-hydrogen) atoms. The smallest absolute Gasteiger partial charge is 0.200 e. The molecule has 0 fully saturated rings. The lowest BCUT2D eigenvalue weighted by molar-refractivity contribution is 0.339. The van der Waals surface area contributed by atoms with E-state index in [4.69, 9.17) is 9.47 Å². The highest BCUT2D eigenvalue weighted by molar-refractivity contribution is 5.54. The van der Waals surface area contributed by atoms with Crippen LogP contribution in [0.2, 0.25) is 0 Å². The molecule has 2 N–H and O–H groups in total. The maximum Gasteiger partial charge on any atom is 0.200 e. The van der Waals surface area contributed by atoms with Gasteiger partial charge in [-0.05, 0) is 43.7 Å². The van der Waals surface area contributed by atoms with Crippen molar-refractivity contribution < 1.29 is 14.6 Å². The van der Waals surface area contributed by atoms with Gasteiger partial charge in [-0.3, -0.25) is 4.98 Å². The number of hydrogen-bond acceptors (Lipinski definition) is 5. The summed E-state index contributed by atoms with van der Waals surface area (Å²) >= 11 is 0. The molecule has 0 amide bonds. The van der Waals surface area contributed by atoms with Crippen molar-refractivity contribution in [2.75, 3.05) is 19.5 Å².